The van der Waals surface area contributed by atoms with Crippen LogP contribution >= 0.6 is 11.3 Å². The highest BCUT2D eigenvalue weighted by atomic mass is 32.1. The van der Waals surface area contributed by atoms with Gasteiger partial charge in [0.15, 0.2) is 5.65 Å². The van der Waals surface area contributed by atoms with Gasteiger partial charge in [0.05, 0.1) is 23.7 Å². The molecule has 0 aliphatic rings. The van der Waals surface area contributed by atoms with Crippen molar-refractivity contribution in [3.63, 3.8) is 0 Å². The third-order valence-corrected chi connectivity index (χ3v) is 5.70. The van der Waals surface area contributed by atoms with Crippen molar-refractivity contribution in [1.82, 2.24) is 25.0 Å². The molecule has 4 aromatic rings. The SMILES string of the molecule is Cc1cc(C(=O)NCc2ccc(CN(C)C)cc2)c2cnn(Cc3cccs3)c2n1. The van der Waals surface area contributed by atoms with E-state index in [4.69, 9.17) is 0 Å². The Balaban J connectivity index is 1.51. The van der Waals surface area contributed by atoms with Crippen molar-refractivity contribution in [3.8, 4) is 0 Å². The normalized spacial score (nSPS) is 11.3. The van der Waals surface area contributed by atoms with Crippen LogP contribution in [0.5, 0.6) is 0 Å². The molecule has 6 nitrogen and oxygen atoms in total. The molecule has 0 spiro atoms. The zero-order valence-electron chi connectivity index (χ0n) is 17.4. The van der Waals surface area contributed by atoms with E-state index in [0.717, 1.165) is 28.8 Å². The Hall–Kier alpha value is -3.03. The minimum Gasteiger partial charge on any atom is -0.348 e. The van der Waals surface area contributed by atoms with Gasteiger partial charge in [0.25, 0.3) is 5.91 Å². The first-order valence-electron chi connectivity index (χ1n) is 9.86. The second-order valence-corrected chi connectivity index (χ2v) is 8.70. The maximum atomic E-state index is 12.9. The number of nitrogens with one attached hydrogen (secondary N) is 1. The van der Waals surface area contributed by atoms with Gasteiger partial charge in [0, 0.05) is 23.7 Å². The second kappa shape index (κ2) is 8.77. The van der Waals surface area contributed by atoms with Crippen molar-refractivity contribution in [1.29, 1.82) is 0 Å². The van der Waals surface area contributed by atoms with Crippen molar-refractivity contribution in [2.75, 3.05) is 14.1 Å². The highest BCUT2D eigenvalue weighted by Gasteiger charge is 2.16. The number of pyridine rings is 1. The first-order chi connectivity index (χ1) is 14.5. The maximum absolute atomic E-state index is 12.9. The van der Waals surface area contributed by atoms with Crippen LogP contribution in [0.25, 0.3) is 11.0 Å². The Morgan fingerprint density at radius 3 is 2.63 bits per heavy atom. The molecule has 0 atom stereocenters. The lowest BCUT2D eigenvalue weighted by molar-refractivity contribution is 0.0952. The highest BCUT2D eigenvalue weighted by molar-refractivity contribution is 7.09. The Kier molecular flexibility index (Phi) is 5.92. The first-order valence-corrected chi connectivity index (χ1v) is 10.7. The van der Waals surface area contributed by atoms with Crippen molar-refractivity contribution in [3.05, 3.63) is 81.3 Å². The molecule has 0 saturated carbocycles. The minimum absolute atomic E-state index is 0.112. The van der Waals surface area contributed by atoms with E-state index in [1.54, 1.807) is 17.5 Å². The van der Waals surface area contributed by atoms with Gasteiger partial charge in [-0.3, -0.25) is 4.79 Å². The Bertz CT molecular complexity index is 1150. The lowest BCUT2D eigenvalue weighted by atomic mass is 10.1. The van der Waals surface area contributed by atoms with Crippen LogP contribution in [-0.4, -0.2) is 39.7 Å². The van der Waals surface area contributed by atoms with Crippen molar-refractivity contribution >= 4 is 28.3 Å². The summed E-state index contributed by atoms with van der Waals surface area (Å²) in [5.74, 6) is -0.112. The van der Waals surface area contributed by atoms with Gasteiger partial charge in [0.1, 0.15) is 0 Å². The van der Waals surface area contributed by atoms with Crippen LogP contribution in [-0.2, 0) is 19.6 Å². The van der Waals surface area contributed by atoms with Crippen LogP contribution in [0.4, 0.5) is 0 Å². The van der Waals surface area contributed by atoms with Crippen molar-refractivity contribution < 1.29 is 4.79 Å². The predicted molar refractivity (Wildman–Crippen MR) is 121 cm³/mol. The van der Waals surface area contributed by atoms with Crippen LogP contribution in [0.2, 0.25) is 0 Å². The molecule has 7 heteroatoms. The minimum atomic E-state index is -0.112. The third-order valence-electron chi connectivity index (χ3n) is 4.84. The fraction of sp³-hybridized carbons (Fsp3) is 0.261. The fourth-order valence-electron chi connectivity index (χ4n) is 3.43. The number of amides is 1. The van der Waals surface area contributed by atoms with E-state index in [0.29, 0.717) is 18.7 Å². The number of fused-ring (bicyclic) bond motifs is 1. The van der Waals surface area contributed by atoms with E-state index in [-0.39, 0.29) is 5.91 Å². The van der Waals surface area contributed by atoms with Crippen LogP contribution in [0.15, 0.2) is 54.0 Å². The summed E-state index contributed by atoms with van der Waals surface area (Å²) in [7, 11) is 4.10. The number of aryl methyl sites for hydroxylation is 1. The van der Waals surface area contributed by atoms with Gasteiger partial charge in [-0.2, -0.15) is 5.10 Å². The summed E-state index contributed by atoms with van der Waals surface area (Å²) in [5.41, 5.74) is 4.47. The van der Waals surface area contributed by atoms with Gasteiger partial charge >= 0.3 is 0 Å². The summed E-state index contributed by atoms with van der Waals surface area (Å²) in [6.45, 7) is 3.93. The van der Waals surface area contributed by atoms with Crippen LogP contribution in [0.3, 0.4) is 0 Å². The molecule has 30 heavy (non-hydrogen) atoms. The van der Waals surface area contributed by atoms with E-state index in [1.807, 2.05) is 43.2 Å². The van der Waals surface area contributed by atoms with Gasteiger partial charge in [-0.1, -0.05) is 30.3 Å². The molecule has 0 bridgehead atoms. The lowest BCUT2D eigenvalue weighted by Gasteiger charge is -2.11. The quantitative estimate of drug-likeness (QED) is 0.494. The number of hydrogen-bond donors (Lipinski definition) is 1. The van der Waals surface area contributed by atoms with E-state index in [1.165, 1.54) is 10.4 Å². The summed E-state index contributed by atoms with van der Waals surface area (Å²) in [5, 5.41) is 10.3. The number of benzene rings is 1. The van der Waals surface area contributed by atoms with Crippen LogP contribution < -0.4 is 5.32 Å². The molecule has 0 fully saturated rings. The molecular weight excluding hydrogens is 394 g/mol. The number of carbonyl (C=O) groups is 1. The lowest BCUT2D eigenvalue weighted by Crippen LogP contribution is -2.23. The number of aromatic nitrogens is 3. The standard InChI is InChI=1S/C23H25N5OS/c1-16-11-20(21-13-25-28(22(21)26-16)15-19-5-4-10-30-19)23(29)24-12-17-6-8-18(9-7-17)14-27(2)3/h4-11,13H,12,14-15H2,1-3H3,(H,24,29). The second-order valence-electron chi connectivity index (χ2n) is 7.67. The van der Waals surface area contributed by atoms with E-state index < -0.39 is 0 Å². The van der Waals surface area contributed by atoms with Gasteiger partial charge in [-0.15, -0.1) is 11.3 Å². The molecule has 0 saturated heterocycles. The number of rotatable bonds is 7. The molecule has 0 unspecified atom stereocenters. The number of hydrogen-bond acceptors (Lipinski definition) is 5. The average molecular weight is 420 g/mol. The Labute approximate surface area is 180 Å². The number of thiophene rings is 1. The zero-order valence-corrected chi connectivity index (χ0v) is 18.2. The first kappa shape index (κ1) is 20.3. The summed E-state index contributed by atoms with van der Waals surface area (Å²) >= 11 is 1.68. The average Bonchev–Trinajstić information content (AvgIpc) is 3.37. The van der Waals surface area contributed by atoms with E-state index >= 15 is 0 Å². The molecule has 3 heterocycles. The van der Waals surface area contributed by atoms with Crippen LogP contribution in [0.1, 0.15) is 32.1 Å². The van der Waals surface area contributed by atoms with Gasteiger partial charge < -0.3 is 10.2 Å². The largest absolute Gasteiger partial charge is 0.348 e. The molecule has 0 radical (unpaired) electrons. The topological polar surface area (TPSA) is 63.1 Å². The molecule has 4 rings (SSSR count). The maximum Gasteiger partial charge on any atom is 0.252 e. The summed E-state index contributed by atoms with van der Waals surface area (Å²) in [4.78, 5) is 20.9. The van der Waals surface area contributed by atoms with E-state index in [2.05, 4.69) is 50.6 Å². The molecule has 154 valence electrons. The molecule has 0 aliphatic carbocycles. The predicted octanol–water partition coefficient (Wildman–Crippen LogP) is 3.84. The molecule has 3 aromatic heterocycles. The Morgan fingerprint density at radius 1 is 1.17 bits per heavy atom. The summed E-state index contributed by atoms with van der Waals surface area (Å²) in [6, 6.07) is 14.3. The van der Waals surface area contributed by atoms with E-state index in [9.17, 15) is 4.79 Å². The molecular formula is C23H25N5OS. The molecule has 1 aromatic carbocycles. The number of carbonyl (C=O) groups excluding carboxylic acids is 1. The molecule has 0 aliphatic heterocycles. The van der Waals surface area contributed by atoms with Gasteiger partial charge in [0.2, 0.25) is 0 Å². The summed E-state index contributed by atoms with van der Waals surface area (Å²) in [6.07, 6.45) is 1.74. The highest BCUT2D eigenvalue weighted by Crippen LogP contribution is 2.20. The molecule has 1 N–H and O–H groups in total. The van der Waals surface area contributed by atoms with Gasteiger partial charge in [-0.05, 0) is 49.7 Å². The zero-order chi connectivity index (χ0) is 21.1. The summed E-state index contributed by atoms with van der Waals surface area (Å²) < 4.78 is 1.86. The van der Waals surface area contributed by atoms with Crippen LogP contribution in [0, 0.1) is 6.92 Å². The van der Waals surface area contributed by atoms with Gasteiger partial charge in [-0.25, -0.2) is 9.67 Å². The van der Waals surface area contributed by atoms with Crippen molar-refractivity contribution in [2.45, 2.75) is 26.6 Å². The third kappa shape index (κ3) is 4.58. The number of nitrogens with zero attached hydrogens (tertiary/aromatic N) is 4. The fourth-order valence-corrected chi connectivity index (χ4v) is 4.12. The molecule has 1 amide bonds. The Morgan fingerprint density at radius 2 is 1.93 bits per heavy atom. The van der Waals surface area contributed by atoms with Crippen molar-refractivity contribution in [2.24, 2.45) is 0 Å². The smallest absolute Gasteiger partial charge is 0.252 e. The monoisotopic (exact) mass is 419 g/mol.